The first-order valence-electron chi connectivity index (χ1n) is 4.96. The molecule has 1 aromatic carbocycles. The Balaban J connectivity index is 2.78. The van der Waals surface area contributed by atoms with Gasteiger partial charge in [0.1, 0.15) is 0 Å². The summed E-state index contributed by atoms with van der Waals surface area (Å²) in [6.07, 6.45) is -5.90. The van der Waals surface area contributed by atoms with Gasteiger partial charge in [-0.05, 0) is 12.5 Å². The van der Waals surface area contributed by atoms with Gasteiger partial charge in [0, 0.05) is 0 Å². The Labute approximate surface area is 99.8 Å². The second kappa shape index (κ2) is 4.91. The molecule has 100 valence electrons. The van der Waals surface area contributed by atoms with Crippen molar-refractivity contribution < 1.29 is 26.7 Å². The largest absolute Gasteiger partial charge is 0.463 e. The first-order valence-corrected chi connectivity index (χ1v) is 4.96. The molecule has 1 amide bonds. The molecule has 0 aromatic heterocycles. The maximum atomic E-state index is 12.7. The maximum Gasteiger partial charge on any atom is 0.463 e. The molecular formula is C11H10F5NO. The molecule has 0 aliphatic carbocycles. The number of hydrogen-bond acceptors (Lipinski definition) is 1. The molecule has 0 unspecified atom stereocenters. The highest BCUT2D eigenvalue weighted by molar-refractivity contribution is 5.84. The number of amides is 1. The second-order valence-electron chi connectivity index (χ2n) is 3.68. The third-order valence-corrected chi connectivity index (χ3v) is 2.29. The molecule has 1 rings (SSSR count). The topological polar surface area (TPSA) is 29.1 Å². The van der Waals surface area contributed by atoms with E-state index < -0.39 is 24.0 Å². The van der Waals surface area contributed by atoms with E-state index in [9.17, 15) is 26.7 Å². The Morgan fingerprint density at radius 3 is 2.06 bits per heavy atom. The molecule has 18 heavy (non-hydrogen) atoms. The van der Waals surface area contributed by atoms with Crippen LogP contribution in [0.3, 0.4) is 0 Å². The monoisotopic (exact) mass is 267 g/mol. The van der Waals surface area contributed by atoms with E-state index >= 15 is 0 Å². The van der Waals surface area contributed by atoms with Crippen molar-refractivity contribution in [3.05, 3.63) is 35.9 Å². The SMILES string of the molecule is C[C@H](NC(=O)C(F)(F)C(F)(F)F)c1ccccc1. The van der Waals surface area contributed by atoms with Crippen LogP contribution in [0.4, 0.5) is 22.0 Å². The highest BCUT2D eigenvalue weighted by atomic mass is 19.4. The van der Waals surface area contributed by atoms with Gasteiger partial charge in [0.25, 0.3) is 0 Å². The first-order chi connectivity index (χ1) is 8.16. The highest BCUT2D eigenvalue weighted by Crippen LogP contribution is 2.35. The lowest BCUT2D eigenvalue weighted by Crippen LogP contribution is -2.50. The number of rotatable bonds is 3. The van der Waals surface area contributed by atoms with Crippen molar-refractivity contribution in [3.63, 3.8) is 0 Å². The molecule has 1 aromatic rings. The van der Waals surface area contributed by atoms with Gasteiger partial charge in [0.15, 0.2) is 0 Å². The molecule has 2 nitrogen and oxygen atoms in total. The number of benzene rings is 1. The number of carbonyl (C=O) groups is 1. The number of alkyl halides is 5. The Morgan fingerprint density at radius 2 is 1.61 bits per heavy atom. The van der Waals surface area contributed by atoms with Crippen molar-refractivity contribution in [2.75, 3.05) is 0 Å². The van der Waals surface area contributed by atoms with Gasteiger partial charge in [-0.3, -0.25) is 4.79 Å². The fourth-order valence-corrected chi connectivity index (χ4v) is 1.24. The van der Waals surface area contributed by atoms with Gasteiger partial charge in [-0.1, -0.05) is 30.3 Å². The van der Waals surface area contributed by atoms with Gasteiger partial charge >= 0.3 is 18.0 Å². The van der Waals surface area contributed by atoms with Crippen LogP contribution in [0.25, 0.3) is 0 Å². The molecule has 0 saturated heterocycles. The molecule has 7 heteroatoms. The zero-order chi connectivity index (χ0) is 14.0. The maximum absolute atomic E-state index is 12.7. The van der Waals surface area contributed by atoms with Gasteiger partial charge < -0.3 is 5.32 Å². The van der Waals surface area contributed by atoms with Crippen LogP contribution in [0.2, 0.25) is 0 Å². The molecule has 0 bridgehead atoms. The lowest BCUT2D eigenvalue weighted by molar-refractivity contribution is -0.270. The highest BCUT2D eigenvalue weighted by Gasteiger charge is 2.63. The molecule has 1 atom stereocenters. The van der Waals surface area contributed by atoms with E-state index in [-0.39, 0.29) is 0 Å². The molecule has 0 heterocycles. The predicted octanol–water partition coefficient (Wildman–Crippen LogP) is 3.06. The van der Waals surface area contributed by atoms with Crippen LogP contribution < -0.4 is 5.32 Å². The third kappa shape index (κ3) is 2.96. The fourth-order valence-electron chi connectivity index (χ4n) is 1.24. The molecule has 0 saturated carbocycles. The van der Waals surface area contributed by atoms with E-state index in [1.165, 1.54) is 19.1 Å². The Bertz CT molecular complexity index is 415. The molecule has 0 fully saturated rings. The number of nitrogens with one attached hydrogen (secondary N) is 1. The van der Waals surface area contributed by atoms with Gasteiger partial charge in [0.05, 0.1) is 6.04 Å². The summed E-state index contributed by atoms with van der Waals surface area (Å²) in [5, 5.41) is 1.63. The molecule has 0 aliphatic heterocycles. The van der Waals surface area contributed by atoms with Gasteiger partial charge in [0.2, 0.25) is 0 Å². The third-order valence-electron chi connectivity index (χ3n) is 2.29. The Morgan fingerprint density at radius 1 is 1.11 bits per heavy atom. The summed E-state index contributed by atoms with van der Waals surface area (Å²) in [7, 11) is 0. The van der Waals surface area contributed by atoms with Crippen LogP contribution in [-0.2, 0) is 4.79 Å². The zero-order valence-electron chi connectivity index (χ0n) is 9.26. The summed E-state index contributed by atoms with van der Waals surface area (Å²) in [6, 6.07) is 6.90. The van der Waals surface area contributed by atoms with E-state index in [1.807, 2.05) is 0 Å². The lowest BCUT2D eigenvalue weighted by atomic mass is 10.1. The normalized spacial score (nSPS) is 14.1. The minimum Gasteiger partial charge on any atom is -0.344 e. The fraction of sp³-hybridized carbons (Fsp3) is 0.364. The predicted molar refractivity (Wildman–Crippen MR) is 54.0 cm³/mol. The van der Waals surface area contributed by atoms with Crippen molar-refractivity contribution >= 4 is 5.91 Å². The second-order valence-corrected chi connectivity index (χ2v) is 3.68. The van der Waals surface area contributed by atoms with Crippen molar-refractivity contribution in [2.24, 2.45) is 0 Å². The van der Waals surface area contributed by atoms with Crippen molar-refractivity contribution in [3.8, 4) is 0 Å². The summed E-state index contributed by atoms with van der Waals surface area (Å²) in [4.78, 5) is 10.9. The number of carbonyl (C=O) groups excluding carboxylic acids is 1. The summed E-state index contributed by atoms with van der Waals surface area (Å²) in [6.45, 7) is 1.32. The average molecular weight is 267 g/mol. The van der Waals surface area contributed by atoms with Gasteiger partial charge in [-0.15, -0.1) is 0 Å². The van der Waals surface area contributed by atoms with Crippen LogP contribution in [0.5, 0.6) is 0 Å². The molecule has 0 radical (unpaired) electrons. The van der Waals surface area contributed by atoms with Crippen molar-refractivity contribution in [1.29, 1.82) is 0 Å². The van der Waals surface area contributed by atoms with Crippen LogP contribution in [-0.4, -0.2) is 18.0 Å². The smallest absolute Gasteiger partial charge is 0.344 e. The molecular weight excluding hydrogens is 257 g/mol. The van der Waals surface area contributed by atoms with Gasteiger partial charge in [-0.25, -0.2) is 0 Å². The quantitative estimate of drug-likeness (QED) is 0.838. The summed E-state index contributed by atoms with van der Waals surface area (Å²) in [5.74, 6) is -7.75. The van der Waals surface area contributed by atoms with Crippen molar-refractivity contribution in [1.82, 2.24) is 5.32 Å². The standard InChI is InChI=1S/C11H10F5NO/c1-7(8-5-3-2-4-6-8)17-9(18)10(12,13)11(14,15)16/h2-7H,1H3,(H,17,18)/t7-/m0/s1. The van der Waals surface area contributed by atoms with Crippen molar-refractivity contribution in [2.45, 2.75) is 25.1 Å². The number of hydrogen-bond donors (Lipinski definition) is 1. The molecule has 0 aliphatic rings. The number of halogens is 5. The van der Waals surface area contributed by atoms with Gasteiger partial charge in [-0.2, -0.15) is 22.0 Å². The van der Waals surface area contributed by atoms with E-state index in [1.54, 1.807) is 23.5 Å². The van der Waals surface area contributed by atoms with E-state index in [0.29, 0.717) is 5.56 Å². The minimum absolute atomic E-state index is 0.434. The van der Waals surface area contributed by atoms with Crippen LogP contribution >= 0.6 is 0 Å². The van der Waals surface area contributed by atoms with Crippen LogP contribution in [0.1, 0.15) is 18.5 Å². The molecule has 0 spiro atoms. The Hall–Kier alpha value is -1.66. The summed E-state index contributed by atoms with van der Waals surface area (Å²) in [5.41, 5.74) is 0.434. The van der Waals surface area contributed by atoms with E-state index in [4.69, 9.17) is 0 Å². The first kappa shape index (κ1) is 14.4. The lowest BCUT2D eigenvalue weighted by Gasteiger charge is -2.21. The summed E-state index contributed by atoms with van der Waals surface area (Å²) < 4.78 is 61.1. The van der Waals surface area contributed by atoms with Crippen LogP contribution in [0.15, 0.2) is 30.3 Å². The minimum atomic E-state index is -5.90. The zero-order valence-corrected chi connectivity index (χ0v) is 9.26. The molecule has 1 N–H and O–H groups in total. The van der Waals surface area contributed by atoms with E-state index in [0.717, 1.165) is 0 Å². The average Bonchev–Trinajstić information content (AvgIpc) is 2.28. The Kier molecular flexibility index (Phi) is 3.93. The summed E-state index contributed by atoms with van der Waals surface area (Å²) >= 11 is 0. The van der Waals surface area contributed by atoms with Crippen LogP contribution in [0, 0.1) is 0 Å². The van der Waals surface area contributed by atoms with E-state index in [2.05, 4.69) is 0 Å².